The number of rotatable bonds is 6. The lowest BCUT2D eigenvalue weighted by Gasteiger charge is -2.33. The molecule has 1 saturated heterocycles. The summed E-state index contributed by atoms with van der Waals surface area (Å²) in [6.07, 6.45) is 3.15. The molecule has 1 aliphatic rings. The van der Waals surface area contributed by atoms with Crippen LogP contribution < -0.4 is 15.5 Å². The Bertz CT molecular complexity index is 938. The Balaban J connectivity index is 1.21. The molecule has 0 aliphatic carbocycles. The second-order valence-electron chi connectivity index (χ2n) is 7.62. The highest BCUT2D eigenvalue weighted by molar-refractivity contribution is 7.14. The normalized spacial score (nSPS) is 15.4. The van der Waals surface area contributed by atoms with E-state index in [2.05, 4.69) is 74.6 Å². The molecule has 4 rings (SSSR count). The second-order valence-corrected chi connectivity index (χ2v) is 9.40. The van der Waals surface area contributed by atoms with Crippen LogP contribution in [0.5, 0.6) is 0 Å². The van der Waals surface area contributed by atoms with Crippen molar-refractivity contribution >= 4 is 33.6 Å². The van der Waals surface area contributed by atoms with Gasteiger partial charge < -0.3 is 15.5 Å². The predicted molar refractivity (Wildman–Crippen MR) is 130 cm³/mol. The molecule has 3 heterocycles. The lowest BCUT2D eigenvalue weighted by atomic mass is 10.1. The molecule has 0 amide bonds. The number of piperidine rings is 1. The van der Waals surface area contributed by atoms with Gasteiger partial charge in [-0.3, -0.25) is 4.99 Å². The minimum atomic E-state index is 0.472. The first-order valence-electron chi connectivity index (χ1n) is 10.5. The van der Waals surface area contributed by atoms with E-state index in [1.54, 1.807) is 11.3 Å². The van der Waals surface area contributed by atoms with E-state index < -0.39 is 0 Å². The van der Waals surface area contributed by atoms with E-state index in [0.29, 0.717) is 6.04 Å². The number of thiazole rings is 1. The maximum atomic E-state index is 4.79. The van der Waals surface area contributed by atoms with Crippen LogP contribution in [0.1, 0.15) is 24.1 Å². The number of thiophene rings is 1. The molecule has 1 aliphatic heterocycles. The van der Waals surface area contributed by atoms with Crippen molar-refractivity contribution < 1.29 is 0 Å². The van der Waals surface area contributed by atoms with Crippen LogP contribution in [0.2, 0.25) is 0 Å². The fraction of sp³-hybridized carbons (Fsp3) is 0.391. The standard InChI is InChI=1S/C23H29N5S2/c1-17-5-7-18(8-6-17)22-26-20(16-30-22)9-12-25-23(24-2)27-19-10-13-28(14-11-19)21-4-3-15-29-21/h3-8,15-16,19H,9-14H2,1-2H3,(H2,24,25,27). The molecule has 3 aromatic rings. The summed E-state index contributed by atoms with van der Waals surface area (Å²) in [5, 5.41) is 13.8. The van der Waals surface area contributed by atoms with E-state index in [-0.39, 0.29) is 0 Å². The number of hydrogen-bond donors (Lipinski definition) is 2. The number of aliphatic imine (C=N–C) groups is 1. The molecular weight excluding hydrogens is 410 g/mol. The van der Waals surface area contributed by atoms with Crippen molar-refractivity contribution in [2.24, 2.45) is 4.99 Å². The monoisotopic (exact) mass is 439 g/mol. The van der Waals surface area contributed by atoms with E-state index in [4.69, 9.17) is 4.98 Å². The zero-order valence-corrected chi connectivity index (χ0v) is 19.2. The molecule has 0 bridgehead atoms. The Hall–Kier alpha value is -2.38. The highest BCUT2D eigenvalue weighted by Gasteiger charge is 2.20. The second kappa shape index (κ2) is 10.1. The maximum Gasteiger partial charge on any atom is 0.191 e. The average Bonchev–Trinajstić information content (AvgIpc) is 3.47. The van der Waals surface area contributed by atoms with Gasteiger partial charge in [-0.2, -0.15) is 0 Å². The van der Waals surface area contributed by atoms with Crippen LogP contribution in [0.3, 0.4) is 0 Å². The molecule has 2 N–H and O–H groups in total. The summed E-state index contributed by atoms with van der Waals surface area (Å²) in [4.78, 5) is 11.7. The molecule has 158 valence electrons. The zero-order valence-electron chi connectivity index (χ0n) is 17.6. The zero-order chi connectivity index (χ0) is 20.8. The summed E-state index contributed by atoms with van der Waals surface area (Å²) in [5.41, 5.74) is 3.59. The fourth-order valence-electron chi connectivity index (χ4n) is 3.64. The largest absolute Gasteiger partial charge is 0.363 e. The van der Waals surface area contributed by atoms with Crippen LogP contribution in [0.15, 0.2) is 52.2 Å². The number of guanidine groups is 1. The molecule has 0 radical (unpaired) electrons. The van der Waals surface area contributed by atoms with Crippen molar-refractivity contribution in [2.45, 2.75) is 32.2 Å². The molecule has 0 unspecified atom stereocenters. The first kappa shape index (κ1) is 20.9. The van der Waals surface area contributed by atoms with Gasteiger partial charge in [0, 0.05) is 50.1 Å². The molecule has 2 aromatic heterocycles. The molecule has 0 spiro atoms. The molecule has 30 heavy (non-hydrogen) atoms. The van der Waals surface area contributed by atoms with Crippen molar-refractivity contribution in [1.29, 1.82) is 0 Å². The average molecular weight is 440 g/mol. The Morgan fingerprint density at radius 2 is 1.97 bits per heavy atom. The number of nitrogens with one attached hydrogen (secondary N) is 2. The number of benzene rings is 1. The topological polar surface area (TPSA) is 52.6 Å². The van der Waals surface area contributed by atoms with E-state index in [0.717, 1.165) is 55.6 Å². The SMILES string of the molecule is CN=C(NCCc1csc(-c2ccc(C)cc2)n1)NC1CCN(c2cccs2)CC1. The van der Waals surface area contributed by atoms with Crippen LogP contribution in [0.25, 0.3) is 10.6 Å². The van der Waals surface area contributed by atoms with Crippen molar-refractivity contribution in [1.82, 2.24) is 15.6 Å². The number of aromatic nitrogens is 1. The molecule has 5 nitrogen and oxygen atoms in total. The summed E-state index contributed by atoms with van der Waals surface area (Å²) in [7, 11) is 1.84. The summed E-state index contributed by atoms with van der Waals surface area (Å²) in [6.45, 7) is 5.12. The molecule has 1 aromatic carbocycles. The smallest absolute Gasteiger partial charge is 0.191 e. The third-order valence-electron chi connectivity index (χ3n) is 5.40. The number of anilines is 1. The number of aryl methyl sites for hydroxylation is 1. The van der Waals surface area contributed by atoms with E-state index in [9.17, 15) is 0 Å². The quantitative estimate of drug-likeness (QED) is 0.437. The van der Waals surface area contributed by atoms with Crippen LogP contribution in [0.4, 0.5) is 5.00 Å². The van der Waals surface area contributed by atoms with Crippen molar-refractivity contribution in [3.8, 4) is 10.6 Å². The van der Waals surface area contributed by atoms with Crippen LogP contribution in [0, 0.1) is 6.92 Å². The lowest BCUT2D eigenvalue weighted by Crippen LogP contribution is -2.49. The van der Waals surface area contributed by atoms with Crippen LogP contribution in [-0.4, -0.2) is 43.7 Å². The van der Waals surface area contributed by atoms with Gasteiger partial charge >= 0.3 is 0 Å². The minimum Gasteiger partial charge on any atom is -0.363 e. The predicted octanol–water partition coefficient (Wildman–Crippen LogP) is 4.56. The van der Waals surface area contributed by atoms with Crippen LogP contribution >= 0.6 is 22.7 Å². The highest BCUT2D eigenvalue weighted by atomic mass is 32.1. The summed E-state index contributed by atoms with van der Waals surface area (Å²) in [5.74, 6) is 0.888. The van der Waals surface area contributed by atoms with E-state index in [1.165, 1.54) is 16.1 Å². The van der Waals surface area contributed by atoms with Gasteiger partial charge in [0.1, 0.15) is 5.01 Å². The molecular formula is C23H29N5S2. The Kier molecular flexibility index (Phi) is 7.02. The summed E-state index contributed by atoms with van der Waals surface area (Å²) < 4.78 is 0. The third-order valence-corrected chi connectivity index (χ3v) is 7.27. The first-order valence-corrected chi connectivity index (χ1v) is 12.2. The van der Waals surface area contributed by atoms with Gasteiger partial charge in [0.05, 0.1) is 10.7 Å². The van der Waals surface area contributed by atoms with Crippen molar-refractivity contribution in [2.75, 3.05) is 31.6 Å². The van der Waals surface area contributed by atoms with Gasteiger partial charge in [0.15, 0.2) is 5.96 Å². The Morgan fingerprint density at radius 1 is 1.17 bits per heavy atom. The van der Waals surface area contributed by atoms with Gasteiger partial charge in [-0.05, 0) is 37.3 Å². The molecule has 1 fully saturated rings. The van der Waals surface area contributed by atoms with Gasteiger partial charge in [0.25, 0.3) is 0 Å². The Morgan fingerprint density at radius 3 is 2.67 bits per heavy atom. The molecule has 0 atom stereocenters. The summed E-state index contributed by atoms with van der Waals surface area (Å²) in [6, 6.07) is 13.4. The highest BCUT2D eigenvalue weighted by Crippen LogP contribution is 2.25. The van der Waals surface area contributed by atoms with Crippen LogP contribution in [-0.2, 0) is 6.42 Å². The summed E-state index contributed by atoms with van der Waals surface area (Å²) >= 11 is 3.54. The van der Waals surface area contributed by atoms with E-state index >= 15 is 0 Å². The van der Waals surface area contributed by atoms with Crippen molar-refractivity contribution in [3.63, 3.8) is 0 Å². The Labute approximate surface area is 186 Å². The number of hydrogen-bond acceptors (Lipinski definition) is 5. The third kappa shape index (κ3) is 5.40. The van der Waals surface area contributed by atoms with Gasteiger partial charge in [0.2, 0.25) is 0 Å². The van der Waals surface area contributed by atoms with Crippen molar-refractivity contribution in [3.05, 3.63) is 58.4 Å². The van der Waals surface area contributed by atoms with Gasteiger partial charge in [-0.25, -0.2) is 4.98 Å². The first-order chi connectivity index (χ1) is 14.7. The fourth-order valence-corrected chi connectivity index (χ4v) is 5.29. The molecule has 7 heteroatoms. The number of nitrogens with zero attached hydrogens (tertiary/aromatic N) is 3. The van der Waals surface area contributed by atoms with E-state index in [1.807, 2.05) is 18.4 Å². The molecule has 0 saturated carbocycles. The maximum absolute atomic E-state index is 4.79. The lowest BCUT2D eigenvalue weighted by molar-refractivity contribution is 0.463. The van der Waals surface area contributed by atoms with Gasteiger partial charge in [-0.15, -0.1) is 22.7 Å². The van der Waals surface area contributed by atoms with Gasteiger partial charge in [-0.1, -0.05) is 29.8 Å². The minimum absolute atomic E-state index is 0.472.